The smallest absolute Gasteiger partial charge is 0.275 e. The number of piperidine rings is 1. The molecule has 2 aromatic rings. The Morgan fingerprint density at radius 1 is 1.11 bits per heavy atom. The third-order valence-electron chi connectivity index (χ3n) is 5.27. The van der Waals surface area contributed by atoms with E-state index in [0.29, 0.717) is 12.6 Å². The van der Waals surface area contributed by atoms with E-state index < -0.39 is 0 Å². The summed E-state index contributed by atoms with van der Waals surface area (Å²) in [6.07, 6.45) is 2.11. The summed E-state index contributed by atoms with van der Waals surface area (Å²) in [5, 5.41) is 4.00. The molecule has 1 heterocycles. The van der Waals surface area contributed by atoms with Crippen LogP contribution in [0.2, 0.25) is 5.02 Å². The number of benzene rings is 2. The lowest BCUT2D eigenvalue weighted by Crippen LogP contribution is -3.12. The molecule has 27 heavy (non-hydrogen) atoms. The van der Waals surface area contributed by atoms with Crippen LogP contribution in [0.5, 0.6) is 0 Å². The molecule has 1 fully saturated rings. The van der Waals surface area contributed by atoms with Crippen LogP contribution in [0.3, 0.4) is 0 Å². The van der Waals surface area contributed by atoms with Crippen molar-refractivity contribution in [2.24, 2.45) is 0 Å². The van der Waals surface area contributed by atoms with E-state index in [1.54, 1.807) is 4.90 Å². The number of amides is 1. The Morgan fingerprint density at radius 2 is 1.78 bits per heavy atom. The van der Waals surface area contributed by atoms with Crippen LogP contribution in [0.1, 0.15) is 24.0 Å². The fraction of sp³-hybridized carbons (Fsp3) is 0.409. The lowest BCUT2D eigenvalue weighted by Gasteiger charge is -2.30. The summed E-state index contributed by atoms with van der Waals surface area (Å²) in [5.74, 6) is 0.135. The maximum Gasteiger partial charge on any atom is 0.275 e. The molecule has 1 aliphatic heterocycles. The molecular formula is C22H30ClN3O+2. The Labute approximate surface area is 167 Å². The van der Waals surface area contributed by atoms with Crippen LogP contribution in [-0.2, 0) is 17.9 Å². The quantitative estimate of drug-likeness (QED) is 0.643. The minimum absolute atomic E-state index is 0.135. The van der Waals surface area contributed by atoms with Gasteiger partial charge in [-0.3, -0.25) is 4.79 Å². The Hall–Kier alpha value is -1.88. The van der Waals surface area contributed by atoms with E-state index in [0.717, 1.165) is 54.5 Å². The second-order valence-electron chi connectivity index (χ2n) is 7.66. The number of rotatable bonds is 7. The molecule has 3 rings (SSSR count). The number of likely N-dealkylation sites (tertiary alicyclic amines) is 1. The zero-order valence-corrected chi connectivity index (χ0v) is 16.8. The molecule has 0 aliphatic carbocycles. The molecule has 1 saturated heterocycles. The van der Waals surface area contributed by atoms with Gasteiger partial charge < -0.3 is 15.1 Å². The first kappa shape index (κ1) is 19.9. The van der Waals surface area contributed by atoms with Crippen molar-refractivity contribution in [1.82, 2.24) is 5.32 Å². The molecule has 1 unspecified atom stereocenters. The van der Waals surface area contributed by atoms with Crippen LogP contribution in [0.15, 0.2) is 54.6 Å². The van der Waals surface area contributed by atoms with E-state index in [-0.39, 0.29) is 5.91 Å². The predicted molar refractivity (Wildman–Crippen MR) is 109 cm³/mol. The SMILES string of the molecule is C[NH+](CC(=O)NC1CC[NH+](Cc2ccccc2)CC1)Cc1ccccc1Cl. The number of nitrogens with one attached hydrogen (secondary N) is 3. The molecule has 0 aromatic heterocycles. The van der Waals surface area contributed by atoms with Crippen LogP contribution in [0, 0.1) is 0 Å². The summed E-state index contributed by atoms with van der Waals surface area (Å²) in [4.78, 5) is 15.1. The third-order valence-corrected chi connectivity index (χ3v) is 5.64. The van der Waals surface area contributed by atoms with Gasteiger partial charge in [0.1, 0.15) is 13.1 Å². The van der Waals surface area contributed by atoms with Gasteiger partial charge in [0, 0.05) is 35.0 Å². The van der Waals surface area contributed by atoms with Crippen molar-refractivity contribution < 1.29 is 14.6 Å². The summed E-state index contributed by atoms with van der Waals surface area (Å²) < 4.78 is 0. The molecule has 1 aliphatic rings. The van der Waals surface area contributed by atoms with Gasteiger partial charge >= 0.3 is 0 Å². The van der Waals surface area contributed by atoms with Gasteiger partial charge in [-0.15, -0.1) is 0 Å². The first-order chi connectivity index (χ1) is 13.1. The van der Waals surface area contributed by atoms with E-state index in [1.807, 2.05) is 31.3 Å². The highest BCUT2D eigenvalue weighted by Gasteiger charge is 2.24. The fourth-order valence-corrected chi connectivity index (χ4v) is 4.02. The van der Waals surface area contributed by atoms with Gasteiger partial charge in [-0.1, -0.05) is 60.1 Å². The van der Waals surface area contributed by atoms with Gasteiger partial charge in [0.25, 0.3) is 5.91 Å². The maximum absolute atomic E-state index is 12.4. The fourth-order valence-electron chi connectivity index (χ4n) is 3.81. The number of carbonyl (C=O) groups excluding carboxylic acids is 1. The van der Waals surface area contributed by atoms with Gasteiger partial charge in [-0.2, -0.15) is 0 Å². The van der Waals surface area contributed by atoms with E-state index in [9.17, 15) is 4.79 Å². The number of likely N-dealkylation sites (N-methyl/N-ethyl adjacent to an activating group) is 1. The van der Waals surface area contributed by atoms with E-state index in [4.69, 9.17) is 11.6 Å². The van der Waals surface area contributed by atoms with Gasteiger partial charge in [0.05, 0.1) is 20.1 Å². The predicted octanol–water partition coefficient (Wildman–Crippen LogP) is 0.718. The number of halogens is 1. The zero-order chi connectivity index (χ0) is 19.1. The average Bonchev–Trinajstić information content (AvgIpc) is 2.66. The molecule has 4 nitrogen and oxygen atoms in total. The van der Waals surface area contributed by atoms with Gasteiger partial charge in [-0.05, 0) is 6.07 Å². The Morgan fingerprint density at radius 3 is 2.48 bits per heavy atom. The lowest BCUT2D eigenvalue weighted by atomic mass is 10.0. The Balaban J connectivity index is 1.38. The van der Waals surface area contributed by atoms with Crippen LogP contribution in [-0.4, -0.2) is 38.6 Å². The van der Waals surface area contributed by atoms with Crippen molar-refractivity contribution in [1.29, 1.82) is 0 Å². The zero-order valence-electron chi connectivity index (χ0n) is 16.0. The summed E-state index contributed by atoms with van der Waals surface area (Å²) >= 11 is 6.22. The minimum atomic E-state index is 0.135. The second-order valence-corrected chi connectivity index (χ2v) is 8.06. The first-order valence-electron chi connectivity index (χ1n) is 9.81. The summed E-state index contributed by atoms with van der Waals surface area (Å²) in [5.41, 5.74) is 2.47. The molecule has 0 bridgehead atoms. The number of hydrogen-bond acceptors (Lipinski definition) is 1. The van der Waals surface area contributed by atoms with Crippen molar-refractivity contribution >= 4 is 17.5 Å². The minimum Gasteiger partial charge on any atom is -0.348 e. The molecule has 5 heteroatoms. The van der Waals surface area contributed by atoms with Crippen LogP contribution < -0.4 is 15.1 Å². The number of hydrogen-bond donors (Lipinski definition) is 3. The van der Waals surface area contributed by atoms with Crippen LogP contribution in [0.4, 0.5) is 0 Å². The van der Waals surface area contributed by atoms with Gasteiger partial charge in [-0.25, -0.2) is 0 Å². The van der Waals surface area contributed by atoms with Crippen molar-refractivity contribution in [3.63, 3.8) is 0 Å². The standard InChI is InChI=1S/C22H28ClN3O/c1-25(16-19-9-5-6-10-21(19)23)17-22(27)24-20-11-13-26(14-12-20)15-18-7-3-2-4-8-18/h2-10,20H,11-17H2,1H3,(H,24,27)/p+2. The molecule has 2 aromatic carbocycles. The van der Waals surface area contributed by atoms with Crippen molar-refractivity contribution in [3.05, 3.63) is 70.7 Å². The van der Waals surface area contributed by atoms with Crippen molar-refractivity contribution in [2.75, 3.05) is 26.7 Å². The van der Waals surface area contributed by atoms with Crippen molar-refractivity contribution in [3.8, 4) is 0 Å². The molecule has 0 radical (unpaired) electrons. The average molecular weight is 388 g/mol. The monoisotopic (exact) mass is 387 g/mol. The van der Waals surface area contributed by atoms with Gasteiger partial charge in [0.15, 0.2) is 6.54 Å². The number of quaternary nitrogens is 2. The summed E-state index contributed by atoms with van der Waals surface area (Å²) in [7, 11) is 2.04. The van der Waals surface area contributed by atoms with Crippen molar-refractivity contribution in [2.45, 2.75) is 32.0 Å². The number of carbonyl (C=O) groups is 1. The lowest BCUT2D eigenvalue weighted by molar-refractivity contribution is -0.918. The highest BCUT2D eigenvalue weighted by atomic mass is 35.5. The summed E-state index contributed by atoms with van der Waals surface area (Å²) in [6.45, 7) is 4.53. The second kappa shape index (κ2) is 9.88. The first-order valence-corrected chi connectivity index (χ1v) is 10.2. The largest absolute Gasteiger partial charge is 0.348 e. The molecule has 0 saturated carbocycles. The molecular weight excluding hydrogens is 358 g/mol. The van der Waals surface area contributed by atoms with E-state index in [1.165, 1.54) is 5.56 Å². The van der Waals surface area contributed by atoms with Crippen LogP contribution in [0.25, 0.3) is 0 Å². The third kappa shape index (κ3) is 6.35. The highest BCUT2D eigenvalue weighted by Crippen LogP contribution is 2.13. The Bertz CT molecular complexity index is 729. The molecule has 1 amide bonds. The molecule has 0 spiro atoms. The topological polar surface area (TPSA) is 38.0 Å². The Kier molecular flexibility index (Phi) is 7.27. The highest BCUT2D eigenvalue weighted by molar-refractivity contribution is 6.31. The van der Waals surface area contributed by atoms with Gasteiger partial charge in [0.2, 0.25) is 0 Å². The van der Waals surface area contributed by atoms with Crippen LogP contribution >= 0.6 is 11.6 Å². The maximum atomic E-state index is 12.4. The van der Waals surface area contributed by atoms with E-state index >= 15 is 0 Å². The summed E-state index contributed by atoms with van der Waals surface area (Å²) in [6, 6.07) is 18.8. The molecule has 144 valence electrons. The van der Waals surface area contributed by atoms with E-state index in [2.05, 4.69) is 35.6 Å². The molecule has 3 N–H and O–H groups in total. The molecule has 1 atom stereocenters. The normalized spacial score (nSPS) is 20.8.